The zero-order chi connectivity index (χ0) is 11.0. The second kappa shape index (κ2) is 3.70. The Balaban J connectivity index is 2.59. The molecule has 0 aliphatic rings. The molecular weight excluding hydrogens is 202 g/mol. The third-order valence-corrected chi connectivity index (χ3v) is 3.44. The molecule has 2 heteroatoms. The Labute approximate surface area is 94.6 Å². The molecule has 0 bridgehead atoms. The summed E-state index contributed by atoms with van der Waals surface area (Å²) >= 11 is 1.65. The Kier molecular flexibility index (Phi) is 2.53. The molecule has 2 rings (SSSR count). The minimum absolute atomic E-state index is 0.916. The third kappa shape index (κ3) is 1.90. The SMILES string of the molecule is Cc1ccc(-c2cc(C)sc2N)c(C)c1. The first-order valence-corrected chi connectivity index (χ1v) is 5.83. The summed E-state index contributed by atoms with van der Waals surface area (Å²) in [5.41, 5.74) is 11.0. The summed E-state index contributed by atoms with van der Waals surface area (Å²) in [5, 5.41) is 0.916. The standard InChI is InChI=1S/C13H15NS/c1-8-4-5-11(9(2)6-8)12-7-10(3)15-13(12)14/h4-7H,14H2,1-3H3. The lowest BCUT2D eigenvalue weighted by atomic mass is 10.0. The Bertz CT molecular complexity index is 497. The zero-order valence-electron chi connectivity index (χ0n) is 9.29. The average Bonchev–Trinajstić information content (AvgIpc) is 2.45. The van der Waals surface area contributed by atoms with Crippen LogP contribution in [0.2, 0.25) is 0 Å². The van der Waals surface area contributed by atoms with Crippen LogP contribution in [-0.4, -0.2) is 0 Å². The van der Waals surface area contributed by atoms with Gasteiger partial charge >= 0.3 is 0 Å². The van der Waals surface area contributed by atoms with Crippen LogP contribution >= 0.6 is 11.3 Å². The molecule has 0 spiro atoms. The zero-order valence-corrected chi connectivity index (χ0v) is 10.1. The number of hydrogen-bond donors (Lipinski definition) is 1. The molecule has 0 fully saturated rings. The van der Waals surface area contributed by atoms with Crippen LogP contribution in [0.15, 0.2) is 24.3 Å². The number of aryl methyl sites for hydroxylation is 3. The lowest BCUT2D eigenvalue weighted by molar-refractivity contribution is 1.38. The monoisotopic (exact) mass is 217 g/mol. The van der Waals surface area contributed by atoms with Crippen molar-refractivity contribution in [2.45, 2.75) is 20.8 Å². The van der Waals surface area contributed by atoms with Crippen molar-refractivity contribution in [1.82, 2.24) is 0 Å². The first-order valence-electron chi connectivity index (χ1n) is 5.01. The van der Waals surface area contributed by atoms with Crippen molar-refractivity contribution in [1.29, 1.82) is 0 Å². The van der Waals surface area contributed by atoms with Crippen LogP contribution in [-0.2, 0) is 0 Å². The maximum atomic E-state index is 6.00. The molecule has 0 unspecified atom stereocenters. The minimum atomic E-state index is 0.916. The van der Waals surface area contributed by atoms with Crippen LogP contribution in [0, 0.1) is 20.8 Å². The van der Waals surface area contributed by atoms with E-state index in [1.807, 2.05) is 0 Å². The van der Waals surface area contributed by atoms with E-state index in [9.17, 15) is 0 Å². The smallest absolute Gasteiger partial charge is 0.0938 e. The van der Waals surface area contributed by atoms with Gasteiger partial charge in [-0.25, -0.2) is 0 Å². The fourth-order valence-electron chi connectivity index (χ4n) is 1.86. The van der Waals surface area contributed by atoms with Gasteiger partial charge in [0.2, 0.25) is 0 Å². The molecule has 0 saturated heterocycles. The van der Waals surface area contributed by atoms with Crippen LogP contribution in [0.3, 0.4) is 0 Å². The molecular formula is C13H15NS. The number of benzene rings is 1. The lowest BCUT2D eigenvalue weighted by Gasteiger charge is -2.05. The maximum Gasteiger partial charge on any atom is 0.0938 e. The molecule has 1 aromatic carbocycles. The third-order valence-electron chi connectivity index (χ3n) is 2.56. The molecule has 0 saturated carbocycles. The second-order valence-corrected chi connectivity index (χ2v) is 5.24. The quantitative estimate of drug-likeness (QED) is 0.769. The number of anilines is 1. The van der Waals surface area contributed by atoms with Crippen molar-refractivity contribution in [2.75, 3.05) is 5.73 Å². The number of nitrogens with two attached hydrogens (primary N) is 1. The molecule has 15 heavy (non-hydrogen) atoms. The topological polar surface area (TPSA) is 26.0 Å². The minimum Gasteiger partial charge on any atom is -0.390 e. The largest absolute Gasteiger partial charge is 0.390 e. The summed E-state index contributed by atoms with van der Waals surface area (Å²) in [6.07, 6.45) is 0. The predicted molar refractivity (Wildman–Crippen MR) is 68.4 cm³/mol. The first kappa shape index (κ1) is 10.2. The summed E-state index contributed by atoms with van der Waals surface area (Å²) in [6, 6.07) is 8.65. The van der Waals surface area contributed by atoms with Crippen LogP contribution in [0.1, 0.15) is 16.0 Å². The Morgan fingerprint density at radius 3 is 2.27 bits per heavy atom. The number of thiophene rings is 1. The molecule has 1 nitrogen and oxygen atoms in total. The van der Waals surface area contributed by atoms with Crippen LogP contribution < -0.4 is 5.73 Å². The van der Waals surface area contributed by atoms with E-state index in [2.05, 4.69) is 45.0 Å². The first-order chi connectivity index (χ1) is 7.08. The number of hydrogen-bond acceptors (Lipinski definition) is 2. The molecule has 0 aliphatic heterocycles. The second-order valence-electron chi connectivity index (χ2n) is 3.95. The van der Waals surface area contributed by atoms with Gasteiger partial charge in [-0.15, -0.1) is 11.3 Å². The van der Waals surface area contributed by atoms with E-state index in [0.717, 1.165) is 5.00 Å². The summed E-state index contributed by atoms with van der Waals surface area (Å²) in [6.45, 7) is 6.34. The molecule has 0 amide bonds. The molecule has 78 valence electrons. The van der Waals surface area contributed by atoms with Gasteiger partial charge in [0.15, 0.2) is 0 Å². The van der Waals surface area contributed by atoms with Gasteiger partial charge < -0.3 is 5.73 Å². The van der Waals surface area contributed by atoms with Crippen molar-refractivity contribution < 1.29 is 0 Å². The van der Waals surface area contributed by atoms with Crippen molar-refractivity contribution >= 4 is 16.3 Å². The Morgan fingerprint density at radius 1 is 1.00 bits per heavy atom. The van der Waals surface area contributed by atoms with Gasteiger partial charge in [-0.05, 0) is 38.0 Å². The van der Waals surface area contributed by atoms with Crippen molar-refractivity contribution in [3.05, 3.63) is 40.3 Å². The summed E-state index contributed by atoms with van der Waals surface area (Å²) in [4.78, 5) is 1.27. The van der Waals surface area contributed by atoms with Gasteiger partial charge in [0.1, 0.15) is 0 Å². The van der Waals surface area contributed by atoms with E-state index in [0.29, 0.717) is 0 Å². The molecule has 0 radical (unpaired) electrons. The van der Waals surface area contributed by atoms with Gasteiger partial charge in [-0.2, -0.15) is 0 Å². The molecule has 2 aromatic rings. The normalized spacial score (nSPS) is 10.6. The lowest BCUT2D eigenvalue weighted by Crippen LogP contribution is -1.87. The van der Waals surface area contributed by atoms with E-state index >= 15 is 0 Å². The van der Waals surface area contributed by atoms with Gasteiger partial charge in [0.25, 0.3) is 0 Å². The molecule has 2 N–H and O–H groups in total. The van der Waals surface area contributed by atoms with Gasteiger partial charge in [0.05, 0.1) is 5.00 Å². The highest BCUT2D eigenvalue weighted by Gasteiger charge is 2.08. The fourth-order valence-corrected chi connectivity index (χ4v) is 2.66. The number of rotatable bonds is 1. The van der Waals surface area contributed by atoms with Gasteiger partial charge in [-0.1, -0.05) is 23.8 Å². The van der Waals surface area contributed by atoms with E-state index < -0.39 is 0 Å². The van der Waals surface area contributed by atoms with Crippen molar-refractivity contribution in [3.63, 3.8) is 0 Å². The average molecular weight is 217 g/mol. The van der Waals surface area contributed by atoms with E-state index in [1.54, 1.807) is 11.3 Å². The van der Waals surface area contributed by atoms with E-state index in [-0.39, 0.29) is 0 Å². The van der Waals surface area contributed by atoms with E-state index in [1.165, 1.54) is 27.1 Å². The maximum absolute atomic E-state index is 6.00. The van der Waals surface area contributed by atoms with Crippen LogP contribution in [0.4, 0.5) is 5.00 Å². The van der Waals surface area contributed by atoms with Gasteiger partial charge in [-0.3, -0.25) is 0 Å². The molecule has 1 aromatic heterocycles. The Morgan fingerprint density at radius 2 is 1.73 bits per heavy atom. The van der Waals surface area contributed by atoms with Crippen molar-refractivity contribution in [2.24, 2.45) is 0 Å². The molecule has 0 aliphatic carbocycles. The highest BCUT2D eigenvalue weighted by atomic mass is 32.1. The molecule has 0 atom stereocenters. The van der Waals surface area contributed by atoms with Crippen molar-refractivity contribution in [3.8, 4) is 11.1 Å². The molecule has 1 heterocycles. The summed E-state index contributed by atoms with van der Waals surface area (Å²) in [5.74, 6) is 0. The summed E-state index contributed by atoms with van der Waals surface area (Å²) in [7, 11) is 0. The summed E-state index contributed by atoms with van der Waals surface area (Å²) < 4.78 is 0. The Hall–Kier alpha value is -1.28. The van der Waals surface area contributed by atoms with Crippen LogP contribution in [0.25, 0.3) is 11.1 Å². The predicted octanol–water partition coefficient (Wildman–Crippen LogP) is 3.92. The fraction of sp³-hybridized carbons (Fsp3) is 0.231. The number of nitrogen functional groups attached to an aromatic ring is 1. The van der Waals surface area contributed by atoms with E-state index in [4.69, 9.17) is 5.73 Å². The van der Waals surface area contributed by atoms with Crippen LogP contribution in [0.5, 0.6) is 0 Å². The highest BCUT2D eigenvalue weighted by Crippen LogP contribution is 2.35. The highest BCUT2D eigenvalue weighted by molar-refractivity contribution is 7.16. The van der Waals surface area contributed by atoms with Gasteiger partial charge in [0, 0.05) is 10.4 Å².